The van der Waals surface area contributed by atoms with Crippen molar-refractivity contribution in [1.82, 2.24) is 4.72 Å². The lowest BCUT2D eigenvalue weighted by Gasteiger charge is -2.15. The molecule has 0 unspecified atom stereocenters. The minimum absolute atomic E-state index is 0.394. The summed E-state index contributed by atoms with van der Waals surface area (Å²) in [6.07, 6.45) is 2.67. The maximum Gasteiger partial charge on any atom is 0.213 e. The zero-order chi connectivity index (χ0) is 18.9. The predicted molar refractivity (Wildman–Crippen MR) is 100 cm³/mol. The second kappa shape index (κ2) is 10.4. The molecule has 0 aromatic heterocycles. The molecule has 144 valence electrons. The van der Waals surface area contributed by atoms with E-state index in [0.29, 0.717) is 23.8 Å². The van der Waals surface area contributed by atoms with E-state index in [0.717, 1.165) is 31.5 Å². The lowest BCUT2D eigenvalue weighted by molar-refractivity contribution is 0.324. The molecular formula is C17H30N2O5S. The molecule has 0 heterocycles. The zero-order valence-corrected chi connectivity index (χ0v) is 16.5. The summed E-state index contributed by atoms with van der Waals surface area (Å²) >= 11 is 0. The van der Waals surface area contributed by atoms with Crippen LogP contribution in [0.5, 0.6) is 17.2 Å². The maximum atomic E-state index is 11.6. The summed E-state index contributed by atoms with van der Waals surface area (Å²) in [6, 6.07) is 3.72. The summed E-state index contributed by atoms with van der Waals surface area (Å²) in [5, 5.41) is 2.92. The van der Waals surface area contributed by atoms with Crippen molar-refractivity contribution in [3.05, 3.63) is 12.1 Å². The molecule has 7 nitrogen and oxygen atoms in total. The Morgan fingerprint density at radius 1 is 0.920 bits per heavy atom. The van der Waals surface area contributed by atoms with Gasteiger partial charge >= 0.3 is 0 Å². The number of rotatable bonds is 12. The molecule has 0 aliphatic heterocycles. The highest BCUT2D eigenvalue weighted by Gasteiger charge is 2.14. The molecule has 1 aromatic carbocycles. The number of hydrogen-bond acceptors (Lipinski definition) is 6. The first-order chi connectivity index (χ1) is 11.9. The van der Waals surface area contributed by atoms with Gasteiger partial charge in [0.15, 0.2) is 11.5 Å². The number of ether oxygens (including phenoxy) is 3. The van der Waals surface area contributed by atoms with E-state index in [1.165, 1.54) is 0 Å². The van der Waals surface area contributed by atoms with Crippen LogP contribution in [0.25, 0.3) is 0 Å². The van der Waals surface area contributed by atoms with Crippen LogP contribution in [0.15, 0.2) is 12.1 Å². The molecule has 0 radical (unpaired) electrons. The summed E-state index contributed by atoms with van der Waals surface area (Å²) in [5.74, 6) is 1.77. The number of sulfonamides is 1. The second-order valence-electron chi connectivity index (χ2n) is 5.89. The molecule has 0 aliphatic rings. The van der Waals surface area contributed by atoms with E-state index in [4.69, 9.17) is 14.2 Å². The van der Waals surface area contributed by atoms with Gasteiger partial charge in [0.1, 0.15) is 0 Å². The van der Waals surface area contributed by atoms with Crippen molar-refractivity contribution in [2.24, 2.45) is 0 Å². The molecule has 0 saturated heterocycles. The van der Waals surface area contributed by atoms with Crippen LogP contribution in [0.3, 0.4) is 0 Å². The van der Waals surface area contributed by atoms with Crippen molar-refractivity contribution >= 4 is 15.7 Å². The number of methoxy groups -OCH3 is 3. The van der Waals surface area contributed by atoms with Crippen LogP contribution in [-0.4, -0.2) is 48.1 Å². The summed E-state index contributed by atoms with van der Waals surface area (Å²) in [5.41, 5.74) is 0.884. The Bertz CT molecular complexity index is 607. The molecule has 0 amide bonds. The van der Waals surface area contributed by atoms with Gasteiger partial charge in [0.25, 0.3) is 0 Å². The van der Waals surface area contributed by atoms with Crippen LogP contribution in [0.4, 0.5) is 5.69 Å². The number of nitrogens with one attached hydrogen (secondary N) is 2. The molecule has 0 saturated carbocycles. The first-order valence-electron chi connectivity index (χ1n) is 8.38. The van der Waals surface area contributed by atoms with Crippen LogP contribution >= 0.6 is 0 Å². The fraction of sp³-hybridized carbons (Fsp3) is 0.647. The second-order valence-corrected chi connectivity index (χ2v) is 8.21. The number of unbranched alkanes of at least 4 members (excludes halogenated alkanes) is 2. The SMILES string of the molecule is COc1cc(NCCCCCNS(=O)(=O)C(C)C)cc(OC)c1OC. The molecular weight excluding hydrogens is 344 g/mol. The first kappa shape index (κ1) is 21.4. The maximum absolute atomic E-state index is 11.6. The minimum atomic E-state index is -3.16. The lowest BCUT2D eigenvalue weighted by atomic mass is 10.2. The first-order valence-corrected chi connectivity index (χ1v) is 9.92. The minimum Gasteiger partial charge on any atom is -0.493 e. The molecule has 0 fully saturated rings. The summed E-state index contributed by atoms with van der Waals surface area (Å²) in [6.45, 7) is 4.59. The Morgan fingerprint density at radius 2 is 1.48 bits per heavy atom. The summed E-state index contributed by atoms with van der Waals surface area (Å²) in [7, 11) is 1.57. The Morgan fingerprint density at radius 3 is 1.96 bits per heavy atom. The van der Waals surface area contributed by atoms with Crippen LogP contribution in [0, 0.1) is 0 Å². The number of benzene rings is 1. The normalized spacial score (nSPS) is 11.4. The van der Waals surface area contributed by atoms with E-state index < -0.39 is 15.3 Å². The molecule has 0 spiro atoms. The third kappa shape index (κ3) is 6.62. The van der Waals surface area contributed by atoms with Crippen molar-refractivity contribution in [3.8, 4) is 17.2 Å². The van der Waals surface area contributed by atoms with Crippen molar-refractivity contribution in [2.75, 3.05) is 39.7 Å². The molecule has 0 aliphatic carbocycles. The van der Waals surface area contributed by atoms with Crippen LogP contribution in [0.2, 0.25) is 0 Å². The van der Waals surface area contributed by atoms with Gasteiger partial charge in [-0.1, -0.05) is 6.42 Å². The third-order valence-electron chi connectivity index (χ3n) is 3.77. The van der Waals surface area contributed by atoms with E-state index >= 15 is 0 Å². The standard InChI is InChI=1S/C17H30N2O5S/c1-13(2)25(20,21)19-10-8-6-7-9-18-14-11-15(22-3)17(24-5)16(12-14)23-4/h11-13,18-19H,6-10H2,1-5H3. The van der Waals surface area contributed by atoms with Crippen LogP contribution in [0.1, 0.15) is 33.1 Å². The molecule has 25 heavy (non-hydrogen) atoms. The van der Waals surface area contributed by atoms with E-state index in [2.05, 4.69) is 10.0 Å². The summed E-state index contributed by atoms with van der Waals surface area (Å²) in [4.78, 5) is 0. The van der Waals surface area contributed by atoms with Gasteiger partial charge in [0.2, 0.25) is 15.8 Å². The fourth-order valence-electron chi connectivity index (χ4n) is 2.22. The summed E-state index contributed by atoms with van der Waals surface area (Å²) < 4.78 is 41.8. The monoisotopic (exact) mass is 374 g/mol. The van der Waals surface area contributed by atoms with Gasteiger partial charge in [-0.25, -0.2) is 13.1 Å². The van der Waals surface area contributed by atoms with Gasteiger partial charge in [-0.2, -0.15) is 0 Å². The van der Waals surface area contributed by atoms with Crippen molar-refractivity contribution in [1.29, 1.82) is 0 Å². The number of hydrogen-bond donors (Lipinski definition) is 2. The fourth-order valence-corrected chi connectivity index (χ4v) is 2.99. The largest absolute Gasteiger partial charge is 0.493 e. The van der Waals surface area contributed by atoms with Gasteiger partial charge in [-0.05, 0) is 26.7 Å². The van der Waals surface area contributed by atoms with Crippen molar-refractivity contribution in [2.45, 2.75) is 38.4 Å². The topological polar surface area (TPSA) is 85.9 Å². The highest BCUT2D eigenvalue weighted by Crippen LogP contribution is 2.39. The van der Waals surface area contributed by atoms with E-state index in [1.54, 1.807) is 35.2 Å². The van der Waals surface area contributed by atoms with E-state index in [-0.39, 0.29) is 0 Å². The third-order valence-corrected chi connectivity index (χ3v) is 5.62. The molecule has 1 aromatic rings. The predicted octanol–water partition coefficient (Wildman–Crippen LogP) is 2.62. The Labute approximate surface area is 151 Å². The van der Waals surface area contributed by atoms with Gasteiger partial charge in [-0.15, -0.1) is 0 Å². The highest BCUT2D eigenvalue weighted by molar-refractivity contribution is 7.90. The van der Waals surface area contributed by atoms with E-state index in [1.807, 2.05) is 12.1 Å². The van der Waals surface area contributed by atoms with Gasteiger partial charge in [-0.3, -0.25) is 0 Å². The van der Waals surface area contributed by atoms with Gasteiger partial charge < -0.3 is 19.5 Å². The average molecular weight is 375 g/mol. The van der Waals surface area contributed by atoms with Crippen molar-refractivity contribution in [3.63, 3.8) is 0 Å². The van der Waals surface area contributed by atoms with Gasteiger partial charge in [0, 0.05) is 30.9 Å². The molecule has 8 heteroatoms. The lowest BCUT2D eigenvalue weighted by Crippen LogP contribution is -2.31. The zero-order valence-electron chi connectivity index (χ0n) is 15.7. The van der Waals surface area contributed by atoms with Crippen molar-refractivity contribution < 1.29 is 22.6 Å². The number of anilines is 1. The average Bonchev–Trinajstić information content (AvgIpc) is 2.59. The van der Waals surface area contributed by atoms with E-state index in [9.17, 15) is 8.42 Å². The highest BCUT2D eigenvalue weighted by atomic mass is 32.2. The Kier molecular flexibility index (Phi) is 8.85. The molecule has 0 atom stereocenters. The molecule has 0 bridgehead atoms. The van der Waals surface area contributed by atoms with Crippen LogP contribution in [-0.2, 0) is 10.0 Å². The smallest absolute Gasteiger partial charge is 0.213 e. The molecule has 1 rings (SSSR count). The van der Waals surface area contributed by atoms with Crippen LogP contribution < -0.4 is 24.2 Å². The molecule has 2 N–H and O–H groups in total. The van der Waals surface area contributed by atoms with Gasteiger partial charge in [0.05, 0.1) is 26.6 Å². The quantitative estimate of drug-likeness (QED) is 0.547. The Hall–Kier alpha value is -1.67. The Balaban J connectivity index is 2.39.